The second-order valence-corrected chi connectivity index (χ2v) is 10.6. The van der Waals surface area contributed by atoms with Gasteiger partial charge in [-0.1, -0.05) is 31.5 Å². The second-order valence-electron chi connectivity index (χ2n) is 8.22. The number of fused-ring (bicyclic) bond motifs is 1. The molecule has 194 valence electrons. The summed E-state index contributed by atoms with van der Waals surface area (Å²) in [7, 11) is -3.64. The van der Waals surface area contributed by atoms with Crippen LogP contribution < -0.4 is 15.0 Å². The minimum Gasteiger partial charge on any atom is -0.482 e. The van der Waals surface area contributed by atoms with Crippen LogP contribution in [-0.4, -0.2) is 44.2 Å². The number of nitrogens with one attached hydrogen (secondary N) is 1. The Morgan fingerprint density at radius 2 is 1.81 bits per heavy atom. The Morgan fingerprint density at radius 1 is 1.11 bits per heavy atom. The summed E-state index contributed by atoms with van der Waals surface area (Å²) in [6.07, 6.45) is 0. The van der Waals surface area contributed by atoms with Gasteiger partial charge in [0.25, 0.3) is 11.8 Å². The van der Waals surface area contributed by atoms with Gasteiger partial charge >= 0.3 is 0 Å². The average Bonchev–Trinajstić information content (AvgIpc) is 2.88. The molecule has 0 spiro atoms. The van der Waals surface area contributed by atoms with E-state index < -0.39 is 21.7 Å². The summed E-state index contributed by atoms with van der Waals surface area (Å²) in [5.41, 5.74) is 1.14. The molecule has 4 rings (SSSR count). The lowest BCUT2D eigenvalue weighted by molar-refractivity contribution is -0.121. The number of halogens is 2. The molecule has 0 fully saturated rings. The molecule has 3 aromatic carbocycles. The normalized spacial score (nSPS) is 13.3. The highest BCUT2D eigenvalue weighted by atomic mass is 35.5. The Kier molecular flexibility index (Phi) is 7.82. The summed E-state index contributed by atoms with van der Waals surface area (Å²) >= 11 is 6.16. The zero-order chi connectivity index (χ0) is 26.7. The fourth-order valence-corrected chi connectivity index (χ4v) is 5.67. The maximum Gasteiger partial charge on any atom is 0.265 e. The van der Waals surface area contributed by atoms with Crippen molar-refractivity contribution >= 4 is 44.8 Å². The summed E-state index contributed by atoms with van der Waals surface area (Å²) in [5, 5.41) is 2.93. The van der Waals surface area contributed by atoms with Gasteiger partial charge in [0.15, 0.2) is 6.61 Å². The Labute approximate surface area is 219 Å². The molecule has 1 heterocycles. The van der Waals surface area contributed by atoms with E-state index in [4.69, 9.17) is 16.3 Å². The van der Waals surface area contributed by atoms with Crippen molar-refractivity contribution in [2.24, 2.45) is 0 Å². The van der Waals surface area contributed by atoms with E-state index in [9.17, 15) is 22.4 Å². The summed E-state index contributed by atoms with van der Waals surface area (Å²) in [5.74, 6) is -1.00. The van der Waals surface area contributed by atoms with E-state index in [1.165, 1.54) is 45.6 Å². The summed E-state index contributed by atoms with van der Waals surface area (Å²) in [6, 6.07) is 14.7. The van der Waals surface area contributed by atoms with E-state index in [0.717, 1.165) is 0 Å². The molecule has 2 amide bonds. The minimum absolute atomic E-state index is 0.0969. The molecule has 3 aromatic rings. The molecule has 0 saturated carbocycles. The monoisotopic (exact) mass is 545 g/mol. The zero-order valence-electron chi connectivity index (χ0n) is 20.2. The van der Waals surface area contributed by atoms with Crippen molar-refractivity contribution in [2.75, 3.05) is 29.9 Å². The van der Waals surface area contributed by atoms with Gasteiger partial charge in [-0.2, -0.15) is 4.31 Å². The smallest absolute Gasteiger partial charge is 0.265 e. The molecule has 1 aliphatic heterocycles. The third-order valence-corrected chi connectivity index (χ3v) is 8.42. The number of carbonyl (C=O) groups excluding carboxylic acids is 2. The van der Waals surface area contributed by atoms with Crippen LogP contribution in [0.2, 0.25) is 5.02 Å². The van der Waals surface area contributed by atoms with Gasteiger partial charge in [-0.3, -0.25) is 9.59 Å². The van der Waals surface area contributed by atoms with Crippen molar-refractivity contribution in [2.45, 2.75) is 25.3 Å². The van der Waals surface area contributed by atoms with Crippen LogP contribution in [0.3, 0.4) is 0 Å². The van der Waals surface area contributed by atoms with Crippen LogP contribution in [0.25, 0.3) is 0 Å². The first-order valence-electron chi connectivity index (χ1n) is 11.6. The van der Waals surface area contributed by atoms with Gasteiger partial charge in [-0.05, 0) is 54.6 Å². The number of ether oxygens (including phenoxy) is 1. The molecule has 1 N–H and O–H groups in total. The largest absolute Gasteiger partial charge is 0.482 e. The van der Waals surface area contributed by atoms with Gasteiger partial charge in [0.2, 0.25) is 10.0 Å². The van der Waals surface area contributed by atoms with Gasteiger partial charge in [0, 0.05) is 34.9 Å². The molecule has 0 atom stereocenters. The minimum atomic E-state index is -3.64. The van der Waals surface area contributed by atoms with Crippen LogP contribution in [0.1, 0.15) is 29.8 Å². The zero-order valence-corrected chi connectivity index (χ0v) is 21.8. The van der Waals surface area contributed by atoms with E-state index in [1.54, 1.807) is 38.1 Å². The van der Waals surface area contributed by atoms with Gasteiger partial charge in [-0.25, -0.2) is 12.8 Å². The first-order valence-corrected chi connectivity index (χ1v) is 13.4. The number of hydrogen-bond donors (Lipinski definition) is 1. The van der Waals surface area contributed by atoms with Crippen molar-refractivity contribution in [3.8, 4) is 5.75 Å². The molecular formula is C26H25ClFN3O5S. The van der Waals surface area contributed by atoms with E-state index in [1.807, 2.05) is 0 Å². The highest BCUT2D eigenvalue weighted by Gasteiger charge is 2.28. The quantitative estimate of drug-likeness (QED) is 0.443. The van der Waals surface area contributed by atoms with E-state index in [-0.39, 0.29) is 40.1 Å². The molecular weight excluding hydrogens is 521 g/mol. The van der Waals surface area contributed by atoms with Crippen LogP contribution in [0.5, 0.6) is 5.75 Å². The maximum absolute atomic E-state index is 14.4. The lowest BCUT2D eigenvalue weighted by atomic mass is 10.1. The van der Waals surface area contributed by atoms with Crippen molar-refractivity contribution in [1.29, 1.82) is 0 Å². The molecule has 0 unspecified atom stereocenters. The van der Waals surface area contributed by atoms with Crippen molar-refractivity contribution in [1.82, 2.24) is 4.31 Å². The van der Waals surface area contributed by atoms with Gasteiger partial charge in [-0.15, -0.1) is 0 Å². The SMILES string of the molecule is CCN(CC)S(=O)(=O)c1ccc(C(=O)Nc2ccc3c(c2)N(Cc2c(F)cccc2Cl)C(=O)CO3)cc1. The van der Waals surface area contributed by atoms with E-state index >= 15 is 0 Å². The third kappa shape index (κ3) is 5.46. The number of hydrogen-bond acceptors (Lipinski definition) is 5. The number of carbonyl (C=O) groups is 2. The fourth-order valence-electron chi connectivity index (χ4n) is 3.99. The average molecular weight is 546 g/mol. The van der Waals surface area contributed by atoms with Crippen LogP contribution in [0, 0.1) is 5.82 Å². The predicted molar refractivity (Wildman–Crippen MR) is 139 cm³/mol. The summed E-state index contributed by atoms with van der Waals surface area (Å²) < 4.78 is 46.6. The number of sulfonamides is 1. The number of benzene rings is 3. The van der Waals surface area contributed by atoms with Crippen molar-refractivity contribution < 1.29 is 27.1 Å². The molecule has 37 heavy (non-hydrogen) atoms. The third-order valence-electron chi connectivity index (χ3n) is 6.00. The second kappa shape index (κ2) is 10.9. The first-order chi connectivity index (χ1) is 17.6. The van der Waals surface area contributed by atoms with Crippen LogP contribution in [0.15, 0.2) is 65.6 Å². The fraction of sp³-hybridized carbons (Fsp3) is 0.231. The lowest BCUT2D eigenvalue weighted by Crippen LogP contribution is -2.38. The van der Waals surface area contributed by atoms with Crippen molar-refractivity contribution in [3.05, 3.63) is 82.6 Å². The van der Waals surface area contributed by atoms with Gasteiger partial charge < -0.3 is 15.0 Å². The highest BCUT2D eigenvalue weighted by molar-refractivity contribution is 7.89. The predicted octanol–water partition coefficient (Wildman–Crippen LogP) is 4.69. The Bertz CT molecular complexity index is 1420. The highest BCUT2D eigenvalue weighted by Crippen LogP contribution is 2.36. The number of rotatable bonds is 8. The molecule has 0 saturated heterocycles. The summed E-state index contributed by atoms with van der Waals surface area (Å²) in [4.78, 5) is 27.0. The van der Waals surface area contributed by atoms with Crippen LogP contribution in [0.4, 0.5) is 15.8 Å². The first kappa shape index (κ1) is 26.6. The van der Waals surface area contributed by atoms with Crippen LogP contribution >= 0.6 is 11.6 Å². The van der Waals surface area contributed by atoms with E-state index in [0.29, 0.717) is 30.2 Å². The topological polar surface area (TPSA) is 96.0 Å². The molecule has 1 aliphatic rings. The summed E-state index contributed by atoms with van der Waals surface area (Å²) in [6.45, 7) is 3.86. The maximum atomic E-state index is 14.4. The molecule has 0 aliphatic carbocycles. The molecule has 11 heteroatoms. The Morgan fingerprint density at radius 3 is 2.46 bits per heavy atom. The lowest BCUT2D eigenvalue weighted by Gasteiger charge is -2.30. The standard InChI is InChI=1S/C26H25ClFN3O5S/c1-3-30(4-2)37(34,35)19-11-8-17(9-12-19)26(33)29-18-10-13-24-23(14-18)31(25(32)16-36-24)15-20-21(27)6-5-7-22(20)28/h5-14H,3-4,15-16H2,1-2H3,(H,29,33). The van der Waals surface area contributed by atoms with E-state index in [2.05, 4.69) is 5.32 Å². The Balaban J connectivity index is 1.56. The number of nitrogens with zero attached hydrogens (tertiary/aromatic N) is 2. The molecule has 0 bridgehead atoms. The number of anilines is 2. The number of amides is 2. The molecule has 0 aromatic heterocycles. The van der Waals surface area contributed by atoms with Crippen LogP contribution in [-0.2, 0) is 21.4 Å². The molecule has 0 radical (unpaired) electrons. The Hall–Kier alpha value is -3.47. The molecule has 8 nitrogen and oxygen atoms in total. The van der Waals surface area contributed by atoms with Crippen molar-refractivity contribution in [3.63, 3.8) is 0 Å². The van der Waals surface area contributed by atoms with Gasteiger partial charge in [0.1, 0.15) is 11.6 Å². The van der Waals surface area contributed by atoms with Gasteiger partial charge in [0.05, 0.1) is 17.1 Å².